The lowest BCUT2D eigenvalue weighted by molar-refractivity contribution is -0.137. The second kappa shape index (κ2) is 8.61. The summed E-state index contributed by atoms with van der Waals surface area (Å²) in [7, 11) is 3.97. The number of likely N-dealkylation sites (tertiary alicyclic amines) is 1. The van der Waals surface area contributed by atoms with Gasteiger partial charge in [-0.1, -0.05) is 0 Å². The molecule has 1 atom stereocenters. The Morgan fingerprint density at radius 2 is 1.90 bits per heavy atom. The third-order valence-corrected chi connectivity index (χ3v) is 3.70. The van der Waals surface area contributed by atoms with Crippen molar-refractivity contribution in [2.24, 2.45) is 0 Å². The van der Waals surface area contributed by atoms with Crippen molar-refractivity contribution in [2.45, 2.75) is 44.6 Å². The predicted octanol–water partition coefficient (Wildman–Crippen LogP) is 0.894. The Bertz CT molecular complexity index is 384. The molecule has 1 saturated heterocycles. The number of nitrogens with one attached hydrogen (secondary N) is 1. The summed E-state index contributed by atoms with van der Waals surface area (Å²) in [6.45, 7) is 1.30. The summed E-state index contributed by atoms with van der Waals surface area (Å²) in [5.41, 5.74) is 0. The van der Waals surface area contributed by atoms with Crippen LogP contribution in [0, 0.1) is 0 Å². The number of amides is 3. The Hall–Kier alpha value is -1.63. The monoisotopic (exact) mass is 299 g/mol. The van der Waals surface area contributed by atoms with Crippen LogP contribution in [0.25, 0.3) is 0 Å². The van der Waals surface area contributed by atoms with Crippen molar-refractivity contribution in [2.75, 3.05) is 27.2 Å². The van der Waals surface area contributed by atoms with Crippen molar-refractivity contribution in [3.63, 3.8) is 0 Å². The van der Waals surface area contributed by atoms with Gasteiger partial charge in [-0.15, -0.1) is 0 Å². The van der Waals surface area contributed by atoms with Gasteiger partial charge >= 0.3 is 12.0 Å². The van der Waals surface area contributed by atoms with E-state index < -0.39 is 5.97 Å². The maximum absolute atomic E-state index is 12.0. The maximum Gasteiger partial charge on any atom is 0.324 e. The molecule has 21 heavy (non-hydrogen) atoms. The first-order valence-corrected chi connectivity index (χ1v) is 7.37. The highest BCUT2D eigenvalue weighted by Gasteiger charge is 2.25. The minimum atomic E-state index is -0.866. The van der Waals surface area contributed by atoms with E-state index in [0.29, 0.717) is 32.0 Å². The van der Waals surface area contributed by atoms with Crippen LogP contribution in [-0.4, -0.2) is 66.0 Å². The van der Waals surface area contributed by atoms with Crippen LogP contribution < -0.4 is 5.32 Å². The number of hydrogen-bond acceptors (Lipinski definition) is 4. The molecule has 1 unspecified atom stereocenters. The molecular weight excluding hydrogens is 274 g/mol. The number of imide groups is 1. The summed E-state index contributed by atoms with van der Waals surface area (Å²) in [6, 6.07) is -0.0139. The van der Waals surface area contributed by atoms with E-state index in [1.165, 1.54) is 0 Å². The van der Waals surface area contributed by atoms with Crippen LogP contribution in [0.4, 0.5) is 4.79 Å². The highest BCUT2D eigenvalue weighted by molar-refractivity contribution is 5.94. The summed E-state index contributed by atoms with van der Waals surface area (Å²) in [5, 5.41) is 10.9. The van der Waals surface area contributed by atoms with E-state index in [-0.39, 0.29) is 24.8 Å². The molecule has 0 bridgehead atoms. The Balaban J connectivity index is 2.28. The average molecular weight is 299 g/mol. The van der Waals surface area contributed by atoms with Crippen LogP contribution in [0.3, 0.4) is 0 Å². The highest BCUT2D eigenvalue weighted by Crippen LogP contribution is 2.13. The molecule has 1 aliphatic heterocycles. The number of piperidine rings is 1. The minimum absolute atomic E-state index is 0.0534. The molecule has 120 valence electrons. The first-order valence-electron chi connectivity index (χ1n) is 7.37. The molecule has 7 nitrogen and oxygen atoms in total. The zero-order chi connectivity index (χ0) is 15.8. The van der Waals surface area contributed by atoms with E-state index in [1.54, 1.807) is 4.90 Å². The second-order valence-electron chi connectivity index (χ2n) is 5.66. The Labute approximate surface area is 125 Å². The summed E-state index contributed by atoms with van der Waals surface area (Å²) < 4.78 is 0. The van der Waals surface area contributed by atoms with Gasteiger partial charge in [0.1, 0.15) is 0 Å². The molecule has 1 heterocycles. The van der Waals surface area contributed by atoms with Gasteiger partial charge in [-0.25, -0.2) is 4.79 Å². The lowest BCUT2D eigenvalue weighted by atomic mass is 10.1. The molecule has 0 spiro atoms. The fourth-order valence-electron chi connectivity index (χ4n) is 2.38. The molecule has 2 N–H and O–H groups in total. The summed E-state index contributed by atoms with van der Waals surface area (Å²) in [4.78, 5) is 37.7. The molecule has 3 amide bonds. The van der Waals surface area contributed by atoms with Crippen molar-refractivity contribution in [3.05, 3.63) is 0 Å². The number of likely N-dealkylation sites (N-methyl/N-ethyl adjacent to an activating group) is 1. The number of carboxylic acids is 1. The molecule has 0 aromatic rings. The molecule has 1 rings (SSSR count). The van der Waals surface area contributed by atoms with E-state index >= 15 is 0 Å². The lowest BCUT2D eigenvalue weighted by Gasteiger charge is -2.35. The van der Waals surface area contributed by atoms with Gasteiger partial charge in [0, 0.05) is 32.0 Å². The van der Waals surface area contributed by atoms with Crippen LogP contribution in [0.15, 0.2) is 0 Å². The quantitative estimate of drug-likeness (QED) is 0.711. The number of carbonyl (C=O) groups is 3. The second-order valence-corrected chi connectivity index (χ2v) is 5.66. The Kier molecular flexibility index (Phi) is 7.14. The number of carbonyl (C=O) groups excluding carboxylic acids is 2. The van der Waals surface area contributed by atoms with Gasteiger partial charge in [0.15, 0.2) is 0 Å². The number of hydrogen-bond donors (Lipinski definition) is 2. The van der Waals surface area contributed by atoms with E-state index in [4.69, 9.17) is 5.11 Å². The van der Waals surface area contributed by atoms with Gasteiger partial charge in [-0.2, -0.15) is 0 Å². The standard InChI is InChI=1S/C14H25N3O4/c1-16(2)11-6-5-9-17(10-11)14(21)15-12(18)7-3-4-8-13(19)20/h11H,3-10H2,1-2H3,(H,19,20)(H,15,18,21). The largest absolute Gasteiger partial charge is 0.481 e. The third kappa shape index (κ3) is 6.57. The van der Waals surface area contributed by atoms with Crippen LogP contribution >= 0.6 is 0 Å². The van der Waals surface area contributed by atoms with Crippen molar-refractivity contribution in [1.29, 1.82) is 0 Å². The molecule has 1 aliphatic rings. The number of rotatable bonds is 6. The van der Waals surface area contributed by atoms with Crippen molar-refractivity contribution in [3.8, 4) is 0 Å². The first-order chi connectivity index (χ1) is 9.90. The summed E-state index contributed by atoms with van der Waals surface area (Å²) in [6.07, 6.45) is 3.15. The highest BCUT2D eigenvalue weighted by atomic mass is 16.4. The number of carboxylic acid groups (broad SMARTS) is 1. The molecule has 7 heteroatoms. The molecular formula is C14H25N3O4. The van der Waals surface area contributed by atoms with Gasteiger partial charge in [0.2, 0.25) is 5.91 Å². The van der Waals surface area contributed by atoms with Crippen molar-refractivity contribution >= 4 is 17.9 Å². The van der Waals surface area contributed by atoms with Gasteiger partial charge < -0.3 is 14.9 Å². The smallest absolute Gasteiger partial charge is 0.324 e. The van der Waals surface area contributed by atoms with Crippen LogP contribution in [0.5, 0.6) is 0 Å². The van der Waals surface area contributed by atoms with Crippen molar-refractivity contribution in [1.82, 2.24) is 15.1 Å². The normalized spacial score (nSPS) is 18.6. The van der Waals surface area contributed by atoms with E-state index in [1.807, 2.05) is 14.1 Å². The van der Waals surface area contributed by atoms with Crippen LogP contribution in [-0.2, 0) is 9.59 Å². The van der Waals surface area contributed by atoms with Gasteiger partial charge in [-0.3, -0.25) is 14.9 Å². The van der Waals surface area contributed by atoms with E-state index in [2.05, 4.69) is 10.2 Å². The maximum atomic E-state index is 12.0. The minimum Gasteiger partial charge on any atom is -0.481 e. The molecule has 0 saturated carbocycles. The molecule has 0 radical (unpaired) electrons. The zero-order valence-electron chi connectivity index (χ0n) is 12.8. The Morgan fingerprint density at radius 1 is 1.24 bits per heavy atom. The Morgan fingerprint density at radius 3 is 2.52 bits per heavy atom. The topological polar surface area (TPSA) is 90.0 Å². The predicted molar refractivity (Wildman–Crippen MR) is 77.9 cm³/mol. The van der Waals surface area contributed by atoms with Crippen LogP contribution in [0.2, 0.25) is 0 Å². The number of unbranched alkanes of at least 4 members (excludes halogenated alkanes) is 1. The van der Waals surface area contributed by atoms with E-state index in [9.17, 15) is 14.4 Å². The van der Waals surface area contributed by atoms with Gasteiger partial charge in [0.25, 0.3) is 0 Å². The van der Waals surface area contributed by atoms with Crippen LogP contribution in [0.1, 0.15) is 38.5 Å². The lowest BCUT2D eigenvalue weighted by Crippen LogP contribution is -2.51. The number of urea groups is 1. The van der Waals surface area contributed by atoms with E-state index in [0.717, 1.165) is 12.8 Å². The summed E-state index contributed by atoms with van der Waals surface area (Å²) in [5.74, 6) is -1.20. The van der Waals surface area contributed by atoms with Crippen molar-refractivity contribution < 1.29 is 19.5 Å². The average Bonchev–Trinajstić information content (AvgIpc) is 2.43. The molecule has 0 aromatic carbocycles. The first kappa shape index (κ1) is 17.4. The fraction of sp³-hybridized carbons (Fsp3) is 0.786. The number of aliphatic carboxylic acids is 1. The SMILES string of the molecule is CN(C)C1CCCN(C(=O)NC(=O)CCCCC(=O)O)C1. The molecule has 0 aliphatic carbocycles. The third-order valence-electron chi connectivity index (χ3n) is 3.70. The van der Waals surface area contributed by atoms with Gasteiger partial charge in [0.05, 0.1) is 0 Å². The fourth-order valence-corrected chi connectivity index (χ4v) is 2.38. The molecule has 0 aromatic heterocycles. The molecule has 1 fully saturated rings. The summed E-state index contributed by atoms with van der Waals surface area (Å²) >= 11 is 0. The van der Waals surface area contributed by atoms with Gasteiger partial charge in [-0.05, 0) is 39.8 Å². The zero-order valence-corrected chi connectivity index (χ0v) is 12.8. The number of nitrogens with zero attached hydrogens (tertiary/aromatic N) is 2.